The number of piperazine rings is 1. The minimum Gasteiger partial charge on any atom is -0.321 e. The highest BCUT2D eigenvalue weighted by atomic mass is 19.1. The van der Waals surface area contributed by atoms with Crippen molar-refractivity contribution in [2.24, 2.45) is 0 Å². The van der Waals surface area contributed by atoms with Gasteiger partial charge in [0, 0.05) is 43.8 Å². The van der Waals surface area contributed by atoms with Crippen molar-refractivity contribution in [1.29, 1.82) is 0 Å². The molecule has 1 aliphatic rings. The van der Waals surface area contributed by atoms with Gasteiger partial charge in [0.2, 0.25) is 0 Å². The molecule has 0 spiro atoms. The number of rotatable bonds is 5. The molecular weight excluding hydrogens is 367 g/mol. The topological polar surface area (TPSA) is 48.5 Å². The molecule has 4 rings (SSSR count). The number of aromatic nitrogens is 1. The van der Waals surface area contributed by atoms with Crippen LogP contribution in [0.2, 0.25) is 0 Å². The Bertz CT molecular complexity index is 997. The maximum atomic E-state index is 13.9. The fraction of sp³-hybridized carbons (Fsp3) is 0.304. The van der Waals surface area contributed by atoms with Crippen LogP contribution in [0.15, 0.2) is 54.6 Å². The first-order valence-corrected chi connectivity index (χ1v) is 9.95. The lowest BCUT2D eigenvalue weighted by atomic mass is 10.1. The Labute approximate surface area is 170 Å². The molecule has 0 unspecified atom stereocenters. The van der Waals surface area contributed by atoms with Gasteiger partial charge in [0.1, 0.15) is 17.0 Å². The smallest absolute Gasteiger partial charge is 0.274 e. The number of benzene rings is 2. The molecule has 29 heavy (non-hydrogen) atoms. The molecule has 0 radical (unpaired) electrons. The van der Waals surface area contributed by atoms with E-state index in [1.165, 1.54) is 11.6 Å². The van der Waals surface area contributed by atoms with Gasteiger partial charge >= 0.3 is 0 Å². The summed E-state index contributed by atoms with van der Waals surface area (Å²) < 4.78 is 13.9. The van der Waals surface area contributed by atoms with Gasteiger partial charge in [0.15, 0.2) is 0 Å². The molecule has 1 amide bonds. The molecular formula is C23H25FN4O. The summed E-state index contributed by atoms with van der Waals surface area (Å²) >= 11 is 0. The Morgan fingerprint density at radius 3 is 2.55 bits per heavy atom. The number of pyridine rings is 1. The largest absolute Gasteiger partial charge is 0.321 e. The Morgan fingerprint density at radius 2 is 1.79 bits per heavy atom. The number of amides is 1. The summed E-state index contributed by atoms with van der Waals surface area (Å²) in [5.74, 6) is -0.776. The number of carbonyl (C=O) groups is 1. The van der Waals surface area contributed by atoms with Gasteiger partial charge in [-0.3, -0.25) is 4.79 Å². The second-order valence-electron chi connectivity index (χ2n) is 7.55. The van der Waals surface area contributed by atoms with Crippen LogP contribution in [-0.2, 0) is 6.42 Å². The van der Waals surface area contributed by atoms with Gasteiger partial charge in [-0.25, -0.2) is 9.37 Å². The minimum atomic E-state index is -0.429. The van der Waals surface area contributed by atoms with Crippen LogP contribution >= 0.6 is 0 Å². The Morgan fingerprint density at radius 1 is 1.03 bits per heavy atom. The van der Waals surface area contributed by atoms with Crippen LogP contribution < -0.4 is 5.32 Å². The van der Waals surface area contributed by atoms with Gasteiger partial charge < -0.3 is 15.1 Å². The van der Waals surface area contributed by atoms with E-state index in [-0.39, 0.29) is 17.1 Å². The number of carbonyl (C=O) groups excluding carboxylic acids is 1. The van der Waals surface area contributed by atoms with E-state index in [1.807, 2.05) is 24.3 Å². The molecule has 1 saturated heterocycles. The van der Waals surface area contributed by atoms with E-state index < -0.39 is 5.82 Å². The number of para-hydroxylation sites is 1. The van der Waals surface area contributed by atoms with Crippen molar-refractivity contribution < 1.29 is 9.18 Å². The van der Waals surface area contributed by atoms with Crippen molar-refractivity contribution in [2.45, 2.75) is 6.42 Å². The van der Waals surface area contributed by atoms with Crippen LogP contribution in [0.4, 0.5) is 10.1 Å². The zero-order valence-corrected chi connectivity index (χ0v) is 16.6. The second-order valence-corrected chi connectivity index (χ2v) is 7.55. The first-order valence-electron chi connectivity index (χ1n) is 9.95. The summed E-state index contributed by atoms with van der Waals surface area (Å²) in [5, 5.41) is 3.51. The van der Waals surface area contributed by atoms with E-state index in [0.29, 0.717) is 11.1 Å². The zero-order chi connectivity index (χ0) is 20.2. The number of nitrogens with one attached hydrogen (secondary N) is 1. The van der Waals surface area contributed by atoms with Crippen LogP contribution in [0.25, 0.3) is 10.9 Å². The van der Waals surface area contributed by atoms with Crippen LogP contribution in [0.3, 0.4) is 0 Å². The lowest BCUT2D eigenvalue weighted by molar-refractivity contribution is 0.102. The van der Waals surface area contributed by atoms with Crippen molar-refractivity contribution in [2.75, 3.05) is 45.1 Å². The molecule has 1 aromatic heterocycles. The number of anilines is 1. The summed E-state index contributed by atoms with van der Waals surface area (Å²) in [6.07, 6.45) is 0.990. The summed E-state index contributed by atoms with van der Waals surface area (Å²) in [5.41, 5.74) is 2.35. The lowest BCUT2D eigenvalue weighted by Crippen LogP contribution is -2.45. The molecule has 3 aromatic rings. The third-order valence-corrected chi connectivity index (χ3v) is 5.43. The van der Waals surface area contributed by atoms with Gasteiger partial charge in [-0.2, -0.15) is 0 Å². The molecule has 0 aliphatic carbocycles. The Hall–Kier alpha value is -2.83. The van der Waals surface area contributed by atoms with Gasteiger partial charge in [-0.15, -0.1) is 0 Å². The van der Waals surface area contributed by atoms with E-state index >= 15 is 0 Å². The standard InChI is InChI=1S/C23H25FN4O/c1-27-13-15-28(16-14-27)12-11-17-5-8-19(9-6-17)25-23(29)21-10-7-18-3-2-4-20(24)22(18)26-21/h2-10H,11-16H2,1H3,(H,25,29). The number of hydrogen-bond donors (Lipinski definition) is 1. The summed E-state index contributed by atoms with van der Waals surface area (Å²) in [4.78, 5) is 21.5. The van der Waals surface area contributed by atoms with Crippen LogP contribution in [0.1, 0.15) is 16.1 Å². The predicted octanol–water partition coefficient (Wildman–Crippen LogP) is 3.42. The first-order chi connectivity index (χ1) is 14.1. The maximum absolute atomic E-state index is 13.9. The van der Waals surface area contributed by atoms with E-state index in [1.54, 1.807) is 24.3 Å². The fourth-order valence-electron chi connectivity index (χ4n) is 3.55. The number of hydrogen-bond acceptors (Lipinski definition) is 4. The summed E-state index contributed by atoms with van der Waals surface area (Å²) in [7, 11) is 2.16. The van der Waals surface area contributed by atoms with Crippen LogP contribution in [0, 0.1) is 5.82 Å². The number of halogens is 1. The maximum Gasteiger partial charge on any atom is 0.274 e. The molecule has 1 aliphatic heterocycles. The average molecular weight is 392 g/mol. The Kier molecular flexibility index (Phi) is 5.83. The lowest BCUT2D eigenvalue weighted by Gasteiger charge is -2.32. The highest BCUT2D eigenvalue weighted by Crippen LogP contribution is 2.17. The molecule has 5 nitrogen and oxygen atoms in total. The highest BCUT2D eigenvalue weighted by molar-refractivity contribution is 6.04. The first kappa shape index (κ1) is 19.5. The third-order valence-electron chi connectivity index (χ3n) is 5.43. The van der Waals surface area contributed by atoms with Crippen molar-refractivity contribution in [3.63, 3.8) is 0 Å². The second kappa shape index (κ2) is 8.68. The summed E-state index contributed by atoms with van der Waals surface area (Å²) in [6, 6.07) is 16.0. The molecule has 0 atom stereocenters. The Balaban J connectivity index is 1.36. The minimum absolute atomic E-state index is 0.196. The predicted molar refractivity (Wildman–Crippen MR) is 114 cm³/mol. The monoisotopic (exact) mass is 392 g/mol. The molecule has 1 fully saturated rings. The average Bonchev–Trinajstić information content (AvgIpc) is 2.74. The molecule has 150 valence electrons. The quantitative estimate of drug-likeness (QED) is 0.723. The fourth-order valence-corrected chi connectivity index (χ4v) is 3.55. The number of nitrogens with zero attached hydrogens (tertiary/aromatic N) is 3. The van der Waals surface area contributed by atoms with Gasteiger partial charge in [-0.05, 0) is 43.3 Å². The molecule has 6 heteroatoms. The zero-order valence-electron chi connectivity index (χ0n) is 16.6. The summed E-state index contributed by atoms with van der Waals surface area (Å²) in [6.45, 7) is 5.52. The van der Waals surface area contributed by atoms with Gasteiger partial charge in [0.25, 0.3) is 5.91 Å². The van der Waals surface area contributed by atoms with E-state index in [0.717, 1.165) is 39.1 Å². The van der Waals surface area contributed by atoms with Gasteiger partial charge in [0.05, 0.1) is 0 Å². The number of likely N-dealkylation sites (N-methyl/N-ethyl adjacent to an activating group) is 1. The number of fused-ring (bicyclic) bond motifs is 1. The molecule has 1 N–H and O–H groups in total. The molecule has 0 saturated carbocycles. The molecule has 2 aromatic carbocycles. The van der Waals surface area contributed by atoms with Crippen molar-refractivity contribution in [3.05, 3.63) is 71.7 Å². The van der Waals surface area contributed by atoms with Crippen molar-refractivity contribution in [1.82, 2.24) is 14.8 Å². The molecule has 0 bridgehead atoms. The van der Waals surface area contributed by atoms with Gasteiger partial charge in [-0.1, -0.05) is 30.3 Å². The SMILES string of the molecule is CN1CCN(CCc2ccc(NC(=O)c3ccc4cccc(F)c4n3)cc2)CC1. The highest BCUT2D eigenvalue weighted by Gasteiger charge is 2.13. The normalized spacial score (nSPS) is 15.5. The van der Waals surface area contributed by atoms with Crippen LogP contribution in [0.5, 0.6) is 0 Å². The van der Waals surface area contributed by atoms with Crippen molar-refractivity contribution >= 4 is 22.5 Å². The van der Waals surface area contributed by atoms with E-state index in [2.05, 4.69) is 27.1 Å². The molecule has 2 heterocycles. The van der Waals surface area contributed by atoms with Crippen LogP contribution in [-0.4, -0.2) is 60.5 Å². The van der Waals surface area contributed by atoms with Crippen molar-refractivity contribution in [3.8, 4) is 0 Å². The van der Waals surface area contributed by atoms with E-state index in [9.17, 15) is 9.18 Å². The van der Waals surface area contributed by atoms with E-state index in [4.69, 9.17) is 0 Å². The third kappa shape index (κ3) is 4.78.